The maximum atomic E-state index is 10.4. The number of carbonyl (C=O) groups is 1. The zero-order valence-corrected chi connectivity index (χ0v) is 6.77. The lowest BCUT2D eigenvalue weighted by Crippen LogP contribution is -2.24. The summed E-state index contributed by atoms with van der Waals surface area (Å²) in [4.78, 5) is 20.1. The molecule has 0 aromatic heterocycles. The number of amides is 1. The van der Waals surface area contributed by atoms with Crippen LogP contribution in [0.15, 0.2) is 4.58 Å². The van der Waals surface area contributed by atoms with Gasteiger partial charge in [0.2, 0.25) is 5.91 Å². The number of primary amides is 1. The minimum absolute atomic E-state index is 0.170. The Kier molecular flexibility index (Phi) is 3.35. The zero-order valence-electron chi connectivity index (χ0n) is 5.96. The van der Waals surface area contributed by atoms with Crippen molar-refractivity contribution in [3.05, 3.63) is 4.91 Å². The lowest BCUT2D eigenvalue weighted by atomic mass is 10.1. The average molecular weight is 162 g/mol. The lowest BCUT2D eigenvalue weighted by molar-refractivity contribution is -0.118. The highest BCUT2D eigenvalue weighted by Crippen LogP contribution is 2.27. The van der Waals surface area contributed by atoms with Gasteiger partial charge >= 0.3 is 0 Å². The van der Waals surface area contributed by atoms with E-state index >= 15 is 0 Å². The van der Waals surface area contributed by atoms with E-state index in [9.17, 15) is 9.70 Å². The first-order valence-corrected chi connectivity index (χ1v) is 3.54. The van der Waals surface area contributed by atoms with Crippen LogP contribution in [-0.4, -0.2) is 10.7 Å². The van der Waals surface area contributed by atoms with Crippen LogP contribution in [0.3, 0.4) is 0 Å². The molecule has 0 aliphatic rings. The normalized spacial score (nSPS) is 11.0. The van der Waals surface area contributed by atoms with Crippen LogP contribution in [0, 0.1) is 4.91 Å². The van der Waals surface area contributed by atoms with Gasteiger partial charge in [-0.1, -0.05) is 0 Å². The molecule has 0 saturated heterocycles. The van der Waals surface area contributed by atoms with Crippen molar-refractivity contribution in [2.75, 3.05) is 0 Å². The van der Waals surface area contributed by atoms with Gasteiger partial charge in [0.05, 0.1) is 0 Å². The molecular formula is C5H10N2O2S. The van der Waals surface area contributed by atoms with E-state index in [-0.39, 0.29) is 6.42 Å². The number of nitroso groups, excluding NO2 is 1. The molecule has 0 aliphatic heterocycles. The molecule has 0 fully saturated rings. The van der Waals surface area contributed by atoms with Gasteiger partial charge in [-0.25, -0.2) is 0 Å². The van der Waals surface area contributed by atoms with Gasteiger partial charge in [0, 0.05) is 27.7 Å². The fourth-order valence-electron chi connectivity index (χ4n) is 0.553. The molecule has 0 unspecified atom stereocenters. The quantitative estimate of drug-likeness (QED) is 0.496. The van der Waals surface area contributed by atoms with E-state index in [0.717, 1.165) is 11.9 Å². The predicted molar refractivity (Wildman–Crippen MR) is 41.3 cm³/mol. The summed E-state index contributed by atoms with van der Waals surface area (Å²) >= 11 is 0.831. The Morgan fingerprint density at radius 1 is 1.70 bits per heavy atom. The lowest BCUT2D eigenvalue weighted by Gasteiger charge is -2.15. The van der Waals surface area contributed by atoms with E-state index in [1.54, 1.807) is 13.8 Å². The molecule has 5 heteroatoms. The van der Waals surface area contributed by atoms with Crippen LogP contribution >= 0.6 is 11.9 Å². The first-order chi connectivity index (χ1) is 4.48. The number of carbonyl (C=O) groups excluding carboxylic acids is 1. The number of nitrogens with zero attached hydrogens (tertiary/aromatic N) is 1. The van der Waals surface area contributed by atoms with Crippen molar-refractivity contribution in [3.8, 4) is 0 Å². The van der Waals surface area contributed by atoms with Crippen LogP contribution in [0.4, 0.5) is 0 Å². The Bertz CT molecular complexity index is 147. The maximum Gasteiger partial charge on any atom is 0.218 e. The van der Waals surface area contributed by atoms with Crippen molar-refractivity contribution in [1.29, 1.82) is 0 Å². The third kappa shape index (κ3) is 4.31. The SMILES string of the molecule is CC(C)(CC(N)=O)SN=O. The molecular weight excluding hydrogens is 152 g/mol. The molecule has 4 nitrogen and oxygen atoms in total. The van der Waals surface area contributed by atoms with E-state index in [2.05, 4.69) is 4.58 Å². The summed E-state index contributed by atoms with van der Waals surface area (Å²) in [6, 6.07) is 0. The Balaban J connectivity index is 3.85. The highest BCUT2D eigenvalue weighted by atomic mass is 32.2. The van der Waals surface area contributed by atoms with Crippen LogP contribution in [0.2, 0.25) is 0 Å². The monoisotopic (exact) mass is 162 g/mol. The van der Waals surface area contributed by atoms with Crippen molar-refractivity contribution < 1.29 is 4.79 Å². The smallest absolute Gasteiger partial charge is 0.218 e. The van der Waals surface area contributed by atoms with E-state index in [0.29, 0.717) is 0 Å². The van der Waals surface area contributed by atoms with Gasteiger partial charge in [-0.2, -0.15) is 0 Å². The topological polar surface area (TPSA) is 72.5 Å². The summed E-state index contributed by atoms with van der Waals surface area (Å²) in [6.07, 6.45) is 0.170. The molecule has 0 radical (unpaired) electrons. The summed E-state index contributed by atoms with van der Waals surface area (Å²) in [5.74, 6) is -0.416. The van der Waals surface area contributed by atoms with Gasteiger partial charge in [-0.3, -0.25) is 4.79 Å². The Labute approximate surface area is 63.7 Å². The van der Waals surface area contributed by atoms with Crippen molar-refractivity contribution in [1.82, 2.24) is 0 Å². The Morgan fingerprint density at radius 3 is 2.50 bits per heavy atom. The third-order valence-electron chi connectivity index (χ3n) is 0.884. The van der Waals surface area contributed by atoms with E-state index < -0.39 is 10.7 Å². The molecule has 0 atom stereocenters. The molecule has 0 aliphatic carbocycles. The highest BCUT2D eigenvalue weighted by Gasteiger charge is 2.22. The number of rotatable bonds is 4. The minimum atomic E-state index is -0.465. The van der Waals surface area contributed by atoms with Crippen molar-refractivity contribution in [3.63, 3.8) is 0 Å². The summed E-state index contributed by atoms with van der Waals surface area (Å²) in [7, 11) is 0. The fraction of sp³-hybridized carbons (Fsp3) is 0.800. The van der Waals surface area contributed by atoms with Gasteiger partial charge in [-0.05, 0) is 13.8 Å². The molecule has 2 N–H and O–H groups in total. The van der Waals surface area contributed by atoms with E-state index in [4.69, 9.17) is 5.73 Å². The van der Waals surface area contributed by atoms with Crippen molar-refractivity contribution in [2.24, 2.45) is 10.3 Å². The molecule has 58 valence electrons. The molecule has 0 saturated carbocycles. The second-order valence-corrected chi connectivity index (χ2v) is 4.01. The Morgan fingerprint density at radius 2 is 2.20 bits per heavy atom. The number of nitrogens with two attached hydrogens (primary N) is 1. The van der Waals surface area contributed by atoms with E-state index in [1.807, 2.05) is 0 Å². The largest absolute Gasteiger partial charge is 0.370 e. The highest BCUT2D eigenvalue weighted by molar-refractivity contribution is 7.99. The minimum Gasteiger partial charge on any atom is -0.370 e. The molecule has 0 heterocycles. The fourth-order valence-corrected chi connectivity index (χ4v) is 0.961. The molecule has 0 rings (SSSR count). The molecule has 0 bridgehead atoms. The predicted octanol–water partition coefficient (Wildman–Crippen LogP) is 1.05. The van der Waals surface area contributed by atoms with Crippen molar-refractivity contribution in [2.45, 2.75) is 25.0 Å². The molecule has 0 aromatic carbocycles. The third-order valence-corrected chi connectivity index (χ3v) is 1.60. The zero-order chi connectivity index (χ0) is 8.20. The Hall–Kier alpha value is -0.580. The van der Waals surface area contributed by atoms with Crippen LogP contribution in [0.1, 0.15) is 20.3 Å². The summed E-state index contributed by atoms with van der Waals surface area (Å²) in [5.41, 5.74) is 4.91. The first-order valence-electron chi connectivity index (χ1n) is 2.77. The molecule has 1 amide bonds. The maximum absolute atomic E-state index is 10.4. The first kappa shape index (κ1) is 9.42. The number of hydrogen-bond donors (Lipinski definition) is 1. The summed E-state index contributed by atoms with van der Waals surface area (Å²) in [5, 5.41) is 0. The van der Waals surface area contributed by atoms with Gasteiger partial charge in [0.15, 0.2) is 0 Å². The molecule has 0 spiro atoms. The van der Waals surface area contributed by atoms with Crippen LogP contribution in [0.25, 0.3) is 0 Å². The molecule has 0 aromatic rings. The van der Waals surface area contributed by atoms with E-state index in [1.165, 1.54) is 0 Å². The number of hydrogen-bond acceptors (Lipinski definition) is 4. The second kappa shape index (κ2) is 3.55. The van der Waals surface area contributed by atoms with Crippen LogP contribution in [0.5, 0.6) is 0 Å². The second-order valence-electron chi connectivity index (χ2n) is 2.57. The van der Waals surface area contributed by atoms with Gasteiger partial charge in [0.25, 0.3) is 0 Å². The van der Waals surface area contributed by atoms with Gasteiger partial charge in [-0.15, -0.1) is 4.91 Å². The average Bonchev–Trinajstić information content (AvgIpc) is 1.59. The van der Waals surface area contributed by atoms with Crippen LogP contribution in [-0.2, 0) is 4.79 Å². The molecule has 10 heavy (non-hydrogen) atoms. The van der Waals surface area contributed by atoms with Crippen molar-refractivity contribution >= 4 is 17.9 Å². The van der Waals surface area contributed by atoms with Crippen LogP contribution < -0.4 is 5.73 Å². The van der Waals surface area contributed by atoms with Gasteiger partial charge in [0.1, 0.15) is 0 Å². The van der Waals surface area contributed by atoms with Gasteiger partial charge < -0.3 is 5.73 Å². The summed E-state index contributed by atoms with van der Waals surface area (Å²) in [6.45, 7) is 3.48. The standard InChI is InChI=1S/C5H10N2O2S/c1-5(2,10-7-9)3-4(6)8/h3H2,1-2H3,(H2,6,8). The summed E-state index contributed by atoms with van der Waals surface area (Å²) < 4.78 is 2.15.